The summed E-state index contributed by atoms with van der Waals surface area (Å²) in [5.74, 6) is -2.78. The van der Waals surface area contributed by atoms with Crippen LogP contribution in [0.15, 0.2) is 92.0 Å². The Morgan fingerprint density at radius 1 is 0.553 bits per heavy atom. The maximum Gasteiger partial charge on any atom is 0.327 e. The molecule has 2 heterocycles. The lowest BCUT2D eigenvalue weighted by Gasteiger charge is -2.12. The van der Waals surface area contributed by atoms with Crippen LogP contribution >= 0.6 is 0 Å². The monoisotopic (exact) mass is 512 g/mol. The Balaban J connectivity index is 1.68. The van der Waals surface area contributed by atoms with Crippen LogP contribution in [-0.2, 0) is 22.4 Å². The molecular formula is C28H20N2O8. The number of aromatic nitrogens is 2. The normalized spacial score (nSPS) is 13.1. The van der Waals surface area contributed by atoms with Crippen molar-refractivity contribution in [3.63, 3.8) is 0 Å². The molecule has 0 amide bonds. The van der Waals surface area contributed by atoms with E-state index in [0.717, 1.165) is 12.1 Å². The van der Waals surface area contributed by atoms with E-state index in [-0.39, 0.29) is 34.4 Å². The number of nitrogens with zero attached hydrogens (tertiary/aromatic N) is 2. The summed E-state index contributed by atoms with van der Waals surface area (Å²) in [6.45, 7) is 0. The third-order valence-electron chi connectivity index (χ3n) is 6.69. The van der Waals surface area contributed by atoms with Crippen LogP contribution in [0.3, 0.4) is 0 Å². The Morgan fingerprint density at radius 3 is 1.11 bits per heavy atom. The smallest absolute Gasteiger partial charge is 0.327 e. The van der Waals surface area contributed by atoms with Crippen LogP contribution in [0.4, 0.5) is 0 Å². The number of rotatable bonds is 8. The topological polar surface area (TPSA) is 153 Å². The fourth-order valence-corrected chi connectivity index (χ4v) is 4.83. The molecule has 0 spiro atoms. The van der Waals surface area contributed by atoms with E-state index >= 15 is 0 Å². The zero-order valence-corrected chi connectivity index (χ0v) is 19.7. The fourth-order valence-electron chi connectivity index (χ4n) is 4.83. The molecule has 0 aliphatic rings. The molecule has 10 heteroatoms. The standard InChI is InChI=1S/C28H20N2O8/c31-23-17-13-19-20(26(34)30(25(19)33)22(28(37)38)12-16-9-5-2-6-10-16)14-18(17)24(32)29(23)21(27(35)36)11-15-7-3-1-4-8-15/h1-10,13-14,21-22H,11-12H2,(H,35,36)(H,37,38)/t21-,22-/m0/s1. The van der Waals surface area contributed by atoms with Gasteiger partial charge in [-0.25, -0.2) is 9.59 Å². The van der Waals surface area contributed by atoms with Crippen molar-refractivity contribution >= 4 is 33.5 Å². The second-order valence-electron chi connectivity index (χ2n) is 8.99. The van der Waals surface area contributed by atoms with Gasteiger partial charge in [0.05, 0.1) is 21.5 Å². The van der Waals surface area contributed by atoms with Crippen molar-refractivity contribution in [2.75, 3.05) is 0 Å². The molecule has 2 aromatic heterocycles. The van der Waals surface area contributed by atoms with Crippen LogP contribution in [0.1, 0.15) is 23.2 Å². The Kier molecular flexibility index (Phi) is 6.08. The molecule has 5 aromatic rings. The van der Waals surface area contributed by atoms with Crippen LogP contribution in [0.2, 0.25) is 0 Å². The number of carboxylic acids is 2. The highest BCUT2D eigenvalue weighted by molar-refractivity contribution is 5.98. The molecule has 2 N–H and O–H groups in total. The molecule has 10 nitrogen and oxygen atoms in total. The van der Waals surface area contributed by atoms with E-state index in [1.807, 2.05) is 0 Å². The van der Waals surface area contributed by atoms with Gasteiger partial charge in [0.2, 0.25) is 0 Å². The molecule has 190 valence electrons. The third-order valence-corrected chi connectivity index (χ3v) is 6.69. The molecule has 3 aromatic carbocycles. The molecular weight excluding hydrogens is 492 g/mol. The molecule has 0 aliphatic carbocycles. The molecule has 0 unspecified atom stereocenters. The van der Waals surface area contributed by atoms with Gasteiger partial charge in [-0.15, -0.1) is 0 Å². The average molecular weight is 512 g/mol. The summed E-state index contributed by atoms with van der Waals surface area (Å²) >= 11 is 0. The first kappa shape index (κ1) is 24.6. The second kappa shape index (κ2) is 9.40. The molecule has 2 atom stereocenters. The summed E-state index contributed by atoms with van der Waals surface area (Å²) in [5, 5.41) is 18.8. The van der Waals surface area contributed by atoms with Gasteiger partial charge in [0.25, 0.3) is 22.2 Å². The minimum Gasteiger partial charge on any atom is -0.480 e. The Labute approximate surface area is 212 Å². The summed E-state index contributed by atoms with van der Waals surface area (Å²) < 4.78 is 1.24. The van der Waals surface area contributed by atoms with E-state index in [1.165, 1.54) is 0 Å². The first-order valence-electron chi connectivity index (χ1n) is 11.7. The summed E-state index contributed by atoms with van der Waals surface area (Å²) in [6, 6.07) is 16.1. The van der Waals surface area contributed by atoms with Crippen molar-refractivity contribution < 1.29 is 19.8 Å². The van der Waals surface area contributed by atoms with Crippen molar-refractivity contribution in [1.29, 1.82) is 0 Å². The lowest BCUT2D eigenvalue weighted by atomic mass is 10.1. The van der Waals surface area contributed by atoms with E-state index < -0.39 is 46.3 Å². The largest absolute Gasteiger partial charge is 0.480 e. The van der Waals surface area contributed by atoms with Crippen LogP contribution in [0, 0.1) is 0 Å². The number of hydrogen-bond acceptors (Lipinski definition) is 6. The van der Waals surface area contributed by atoms with Crippen molar-refractivity contribution in [3.05, 3.63) is 125 Å². The average Bonchev–Trinajstić information content (AvgIpc) is 3.29. The summed E-state index contributed by atoms with van der Waals surface area (Å²) in [6.07, 6.45) is -0.264. The van der Waals surface area contributed by atoms with Gasteiger partial charge in [-0.3, -0.25) is 28.3 Å². The molecule has 0 aliphatic heterocycles. The molecule has 0 fully saturated rings. The Morgan fingerprint density at radius 2 is 0.842 bits per heavy atom. The van der Waals surface area contributed by atoms with Crippen molar-refractivity contribution in [1.82, 2.24) is 9.13 Å². The second-order valence-corrected chi connectivity index (χ2v) is 8.99. The predicted molar refractivity (Wildman–Crippen MR) is 139 cm³/mol. The Bertz CT molecular complexity index is 1700. The maximum absolute atomic E-state index is 13.2. The lowest BCUT2D eigenvalue weighted by Crippen LogP contribution is -2.36. The number of fused-ring (bicyclic) bond motifs is 2. The van der Waals surface area contributed by atoms with E-state index in [2.05, 4.69) is 0 Å². The minimum atomic E-state index is -1.51. The van der Waals surface area contributed by atoms with E-state index in [4.69, 9.17) is 0 Å². The van der Waals surface area contributed by atoms with Crippen LogP contribution in [-0.4, -0.2) is 31.3 Å². The first-order valence-corrected chi connectivity index (χ1v) is 11.7. The minimum absolute atomic E-state index is 0.132. The molecule has 0 saturated carbocycles. The molecule has 38 heavy (non-hydrogen) atoms. The van der Waals surface area contributed by atoms with Gasteiger partial charge >= 0.3 is 11.9 Å². The van der Waals surface area contributed by atoms with Crippen molar-refractivity contribution in [2.45, 2.75) is 24.9 Å². The third kappa shape index (κ3) is 4.01. The van der Waals surface area contributed by atoms with Gasteiger partial charge in [-0.1, -0.05) is 60.7 Å². The first-order chi connectivity index (χ1) is 18.2. The number of carbonyl (C=O) groups is 2. The van der Waals surface area contributed by atoms with E-state index in [0.29, 0.717) is 20.3 Å². The van der Waals surface area contributed by atoms with Gasteiger partial charge in [-0.2, -0.15) is 0 Å². The Hall–Kier alpha value is -5.12. The lowest BCUT2D eigenvalue weighted by molar-refractivity contribution is -0.142. The zero-order chi connectivity index (χ0) is 27.1. The quantitative estimate of drug-likeness (QED) is 0.318. The fraction of sp³-hybridized carbons (Fsp3) is 0.143. The predicted octanol–water partition coefficient (Wildman–Crippen LogP) is 1.65. The van der Waals surface area contributed by atoms with Gasteiger partial charge in [0.15, 0.2) is 0 Å². The number of aliphatic carboxylic acids is 2. The maximum atomic E-state index is 13.2. The van der Waals surface area contributed by atoms with Gasteiger partial charge in [0, 0.05) is 12.8 Å². The van der Waals surface area contributed by atoms with Crippen molar-refractivity contribution in [3.8, 4) is 0 Å². The van der Waals surface area contributed by atoms with Crippen LogP contribution < -0.4 is 22.2 Å². The summed E-state index contributed by atoms with van der Waals surface area (Å²) in [5.41, 5.74) is -2.44. The van der Waals surface area contributed by atoms with E-state index in [9.17, 15) is 39.0 Å². The van der Waals surface area contributed by atoms with Gasteiger partial charge in [0.1, 0.15) is 12.1 Å². The molecule has 5 rings (SSSR count). The van der Waals surface area contributed by atoms with Gasteiger partial charge < -0.3 is 10.2 Å². The number of benzene rings is 3. The number of hydrogen-bond donors (Lipinski definition) is 2. The zero-order valence-electron chi connectivity index (χ0n) is 19.7. The highest BCUT2D eigenvalue weighted by atomic mass is 16.4. The van der Waals surface area contributed by atoms with Crippen LogP contribution in [0.25, 0.3) is 21.5 Å². The summed E-state index contributed by atoms with van der Waals surface area (Å²) in [7, 11) is 0. The number of carboxylic acid groups (broad SMARTS) is 2. The van der Waals surface area contributed by atoms with Gasteiger partial charge in [-0.05, 0) is 23.3 Å². The highest BCUT2D eigenvalue weighted by Crippen LogP contribution is 2.20. The molecule has 0 radical (unpaired) electrons. The summed E-state index contributed by atoms with van der Waals surface area (Å²) in [4.78, 5) is 77.0. The SMILES string of the molecule is O=C(O)[C@H](Cc1ccccc1)n1c(=O)c2cc3c(=O)n([C@@H](Cc4ccccc4)C(=O)O)c(=O)c3cc2c1=O. The van der Waals surface area contributed by atoms with Crippen molar-refractivity contribution in [2.24, 2.45) is 0 Å². The van der Waals surface area contributed by atoms with Crippen LogP contribution in [0.5, 0.6) is 0 Å². The van der Waals surface area contributed by atoms with E-state index in [1.54, 1.807) is 60.7 Å². The highest BCUT2D eigenvalue weighted by Gasteiger charge is 2.30. The molecule has 0 saturated heterocycles. The molecule has 0 bridgehead atoms.